The summed E-state index contributed by atoms with van der Waals surface area (Å²) in [6, 6.07) is 0. The van der Waals surface area contributed by atoms with Crippen LogP contribution in [0, 0.1) is 5.41 Å². The SMILES string of the molecule is FC1=C(C(C(F)(F)F)(C(F)(F)C(F)(F)F)C(F)(C(F)(F)F)C(F)(F)F)C(F)(F)C(F)(F)C(F)(F)C1(F)F. The number of alkyl halides is 23. The van der Waals surface area contributed by atoms with E-state index in [2.05, 4.69) is 0 Å². The van der Waals surface area contributed by atoms with Crippen molar-refractivity contribution >= 4 is 0 Å². The summed E-state index contributed by atoms with van der Waals surface area (Å²) in [5.41, 5.74) is -26.3. The van der Waals surface area contributed by atoms with E-state index in [1.807, 2.05) is 0 Å². The molecule has 1 atom stereocenters. The first-order valence-corrected chi connectivity index (χ1v) is 7.79. The van der Waals surface area contributed by atoms with Gasteiger partial charge in [0.1, 0.15) is 0 Å². The molecule has 0 aromatic carbocycles. The van der Waals surface area contributed by atoms with Crippen LogP contribution >= 0.6 is 0 Å². The molecule has 1 rings (SSSR count). The summed E-state index contributed by atoms with van der Waals surface area (Å²) in [5.74, 6) is -49.8. The Morgan fingerprint density at radius 2 is 0.703 bits per heavy atom. The van der Waals surface area contributed by atoms with Crippen LogP contribution in [0.25, 0.3) is 0 Å². The Bertz CT molecular complexity index is 918. The normalized spacial score (nSPS) is 24.6. The van der Waals surface area contributed by atoms with E-state index < -0.39 is 76.8 Å². The zero-order valence-electron chi connectivity index (χ0n) is 15.6. The Balaban J connectivity index is 5.03. The van der Waals surface area contributed by atoms with Gasteiger partial charge in [-0.25, -0.2) is 8.78 Å². The van der Waals surface area contributed by atoms with Crippen LogP contribution in [0.3, 0.4) is 0 Å². The molecule has 0 spiro atoms. The molecule has 0 saturated carbocycles. The molecule has 0 amide bonds. The van der Waals surface area contributed by atoms with Gasteiger partial charge in [0, 0.05) is 0 Å². The largest absolute Gasteiger partial charge is 0.454 e. The highest BCUT2D eigenvalue weighted by atomic mass is 19.4. The van der Waals surface area contributed by atoms with Gasteiger partial charge in [0.15, 0.2) is 5.83 Å². The molecule has 1 unspecified atom stereocenters. The molecule has 0 aromatic heterocycles. The van der Waals surface area contributed by atoms with E-state index in [0.29, 0.717) is 0 Å². The Morgan fingerprint density at radius 3 is 0.946 bits per heavy atom. The molecular formula is C13F24. The van der Waals surface area contributed by atoms with Gasteiger partial charge in [-0.2, -0.15) is 96.6 Å². The molecular weight excluding hydrogens is 612 g/mol. The topological polar surface area (TPSA) is 0 Å². The second-order valence-electron chi connectivity index (χ2n) is 6.96. The summed E-state index contributed by atoms with van der Waals surface area (Å²) in [5, 5.41) is 0. The van der Waals surface area contributed by atoms with E-state index in [1.54, 1.807) is 0 Å². The van der Waals surface area contributed by atoms with E-state index in [1.165, 1.54) is 0 Å². The van der Waals surface area contributed by atoms with Gasteiger partial charge < -0.3 is 0 Å². The summed E-state index contributed by atoms with van der Waals surface area (Å²) in [4.78, 5) is 0. The first-order valence-electron chi connectivity index (χ1n) is 7.79. The van der Waals surface area contributed by atoms with Crippen molar-refractivity contribution in [2.24, 2.45) is 5.41 Å². The van der Waals surface area contributed by atoms with E-state index in [0.717, 1.165) is 0 Å². The monoisotopic (exact) mass is 612 g/mol. The third-order valence-electron chi connectivity index (χ3n) is 4.92. The molecule has 0 N–H and O–H groups in total. The molecule has 0 heterocycles. The summed E-state index contributed by atoms with van der Waals surface area (Å²) >= 11 is 0. The van der Waals surface area contributed by atoms with Crippen molar-refractivity contribution in [2.45, 2.75) is 60.0 Å². The van der Waals surface area contributed by atoms with Crippen LogP contribution in [0.4, 0.5) is 105 Å². The van der Waals surface area contributed by atoms with Gasteiger partial charge in [-0.05, 0) is 0 Å². The third kappa shape index (κ3) is 3.43. The maximum atomic E-state index is 14.5. The molecule has 0 aliphatic heterocycles. The van der Waals surface area contributed by atoms with Crippen molar-refractivity contribution in [3.05, 3.63) is 11.4 Å². The number of hydrogen-bond donors (Lipinski definition) is 0. The molecule has 220 valence electrons. The summed E-state index contributed by atoms with van der Waals surface area (Å²) in [7, 11) is 0. The molecule has 0 aromatic rings. The molecule has 1 aliphatic rings. The molecule has 37 heavy (non-hydrogen) atoms. The Labute approximate surface area is 183 Å². The molecule has 1 aliphatic carbocycles. The van der Waals surface area contributed by atoms with Crippen molar-refractivity contribution in [2.75, 3.05) is 0 Å². The molecule has 0 nitrogen and oxygen atoms in total. The first-order chi connectivity index (χ1) is 15.5. The Hall–Kier alpha value is -1.94. The van der Waals surface area contributed by atoms with Gasteiger partial charge in [0.25, 0.3) is 0 Å². The molecule has 24 heteroatoms. The first kappa shape index (κ1) is 33.1. The van der Waals surface area contributed by atoms with Gasteiger partial charge in [-0.3, -0.25) is 0 Å². The fourth-order valence-electron chi connectivity index (χ4n) is 3.24. The quantitative estimate of drug-likeness (QED) is 0.282. The van der Waals surface area contributed by atoms with Crippen LogP contribution in [0.2, 0.25) is 0 Å². The van der Waals surface area contributed by atoms with Crippen LogP contribution in [0.5, 0.6) is 0 Å². The number of rotatable bonds is 3. The number of allylic oxidation sites excluding steroid dienone is 2. The van der Waals surface area contributed by atoms with Crippen molar-refractivity contribution in [1.29, 1.82) is 0 Å². The van der Waals surface area contributed by atoms with Crippen molar-refractivity contribution < 1.29 is 105 Å². The standard InChI is InChI=1S/C13F24/c14-2-1(4(15,16)8(22,23)9(24,25)5(2,17)18)3(10(26,27)28,7(20,21)13(35,36)37)6(19,11(29,30)31)12(32,33)34. The molecule has 0 saturated heterocycles. The average molecular weight is 612 g/mol. The lowest BCUT2D eigenvalue weighted by Crippen LogP contribution is -2.81. The smallest absolute Gasteiger partial charge is 0.222 e. The van der Waals surface area contributed by atoms with Crippen LogP contribution in [-0.2, 0) is 0 Å². The van der Waals surface area contributed by atoms with Crippen LogP contribution in [0.1, 0.15) is 0 Å². The van der Waals surface area contributed by atoms with E-state index >= 15 is 0 Å². The van der Waals surface area contributed by atoms with Gasteiger partial charge in [0.05, 0.1) is 5.57 Å². The zero-order valence-corrected chi connectivity index (χ0v) is 15.6. The second-order valence-corrected chi connectivity index (χ2v) is 6.96. The van der Waals surface area contributed by atoms with Crippen LogP contribution < -0.4 is 0 Å². The van der Waals surface area contributed by atoms with Crippen molar-refractivity contribution in [3.8, 4) is 0 Å². The van der Waals surface area contributed by atoms with Crippen molar-refractivity contribution in [3.63, 3.8) is 0 Å². The maximum absolute atomic E-state index is 14.5. The lowest BCUT2D eigenvalue weighted by Gasteiger charge is -2.54. The van der Waals surface area contributed by atoms with Gasteiger partial charge in [-0.1, -0.05) is 0 Å². The highest BCUT2D eigenvalue weighted by Gasteiger charge is 3.03. The van der Waals surface area contributed by atoms with Gasteiger partial charge in [0.2, 0.25) is 5.41 Å². The number of hydrogen-bond acceptors (Lipinski definition) is 0. The predicted octanol–water partition coefficient (Wildman–Crippen LogP) is 8.34. The third-order valence-corrected chi connectivity index (χ3v) is 4.92. The van der Waals surface area contributed by atoms with Crippen LogP contribution in [-0.4, -0.2) is 60.0 Å². The molecule has 0 radical (unpaired) electrons. The highest BCUT2D eigenvalue weighted by Crippen LogP contribution is 2.77. The fourth-order valence-corrected chi connectivity index (χ4v) is 3.24. The van der Waals surface area contributed by atoms with Gasteiger partial charge >= 0.3 is 60.0 Å². The average Bonchev–Trinajstić information content (AvgIpc) is 2.59. The predicted molar refractivity (Wildman–Crippen MR) is 63.4 cm³/mol. The molecule has 0 bridgehead atoms. The summed E-state index contributed by atoms with van der Waals surface area (Å²) < 4.78 is 322. The van der Waals surface area contributed by atoms with Gasteiger partial charge in [-0.15, -0.1) is 0 Å². The van der Waals surface area contributed by atoms with Crippen molar-refractivity contribution in [1.82, 2.24) is 0 Å². The minimum atomic E-state index is -9.92. The van der Waals surface area contributed by atoms with E-state index in [-0.39, 0.29) is 0 Å². The van der Waals surface area contributed by atoms with E-state index in [4.69, 9.17) is 0 Å². The minimum Gasteiger partial charge on any atom is -0.222 e. The Kier molecular flexibility index (Phi) is 6.78. The summed E-state index contributed by atoms with van der Waals surface area (Å²) in [6.45, 7) is 0. The number of halogens is 24. The summed E-state index contributed by atoms with van der Waals surface area (Å²) in [6.07, 6.45) is -36.5. The zero-order chi connectivity index (χ0) is 30.7. The van der Waals surface area contributed by atoms with Crippen LogP contribution in [0.15, 0.2) is 11.4 Å². The fraction of sp³-hybridized carbons (Fsp3) is 0.846. The lowest BCUT2D eigenvalue weighted by molar-refractivity contribution is -0.476. The second kappa shape index (κ2) is 7.58. The molecule has 0 fully saturated rings. The maximum Gasteiger partial charge on any atom is 0.454 e. The Morgan fingerprint density at radius 1 is 0.405 bits per heavy atom. The minimum absolute atomic E-state index is 6.12. The lowest BCUT2D eigenvalue weighted by atomic mass is 9.57. The highest BCUT2D eigenvalue weighted by molar-refractivity contribution is 5.47. The van der Waals surface area contributed by atoms with E-state index in [9.17, 15) is 105 Å².